The van der Waals surface area contributed by atoms with Crippen LogP contribution in [0.5, 0.6) is 0 Å². The molecule has 0 aliphatic heterocycles. The fraction of sp³-hybridized carbons (Fsp3) is 1.00. The maximum absolute atomic E-state index is 8.40. The van der Waals surface area contributed by atoms with Gasteiger partial charge in [-0.05, 0) is 14.1 Å². The molecule has 0 aromatic carbocycles. The van der Waals surface area contributed by atoms with Gasteiger partial charge in [0, 0.05) is 0 Å². The number of nitrogens with zero attached hydrogens (tertiary/aromatic N) is 1. The first-order chi connectivity index (χ1) is 3.35. The highest BCUT2D eigenvalue weighted by Crippen LogP contribution is 1.64. The quantitative estimate of drug-likeness (QED) is 0.439. The number of rotatable bonds is 3. The molecule has 0 heterocycles. The summed E-state index contributed by atoms with van der Waals surface area (Å²) in [5, 5.41) is 5.68. The largest absolute Gasteiger partial charge is 0.304 e. The summed E-state index contributed by atoms with van der Waals surface area (Å²) >= 11 is 0. The fourth-order valence-corrected chi connectivity index (χ4v) is 0.327. The second-order valence-electron chi connectivity index (χ2n) is 1.31. The van der Waals surface area contributed by atoms with E-state index in [0.29, 0.717) is 0 Å². The van der Waals surface area contributed by atoms with Crippen molar-refractivity contribution in [3.63, 3.8) is 0 Å². The molecule has 0 saturated carbocycles. The molecule has 0 aliphatic carbocycles. The fourth-order valence-electron chi connectivity index (χ4n) is 0.327. The van der Waals surface area contributed by atoms with Gasteiger partial charge in [-0.25, -0.2) is 0 Å². The lowest BCUT2D eigenvalue weighted by molar-refractivity contribution is 0.499. The molecule has 2 radical (unpaired) electrons. The highest BCUT2D eigenvalue weighted by molar-refractivity contribution is 4.55. The lowest BCUT2D eigenvalue weighted by atomic mass is 10.5. The van der Waals surface area contributed by atoms with Crippen LogP contribution in [0.3, 0.4) is 0 Å². The second-order valence-corrected chi connectivity index (χ2v) is 1.31. The van der Waals surface area contributed by atoms with Crippen molar-refractivity contribution in [3.05, 3.63) is 0 Å². The van der Waals surface area contributed by atoms with Gasteiger partial charge in [0.15, 0.2) is 0 Å². The van der Waals surface area contributed by atoms with Gasteiger partial charge in [-0.1, -0.05) is 0 Å². The highest BCUT2D eigenvalue weighted by Gasteiger charge is 1.94. The van der Waals surface area contributed by atoms with Crippen molar-refractivity contribution in [1.82, 2.24) is 16.4 Å². The number of hydrogen-bond donors (Lipinski definition) is 2. The predicted molar refractivity (Wildman–Crippen MR) is 28.9 cm³/mol. The lowest BCUT2D eigenvalue weighted by Crippen LogP contribution is -2.41. The molecular formula is C4H11N3. The minimum atomic E-state index is 0.0417. The van der Waals surface area contributed by atoms with Crippen molar-refractivity contribution >= 4 is 0 Å². The Morgan fingerprint density at radius 2 is 1.86 bits per heavy atom. The van der Waals surface area contributed by atoms with Crippen molar-refractivity contribution in [2.24, 2.45) is 0 Å². The van der Waals surface area contributed by atoms with Crippen LogP contribution in [0.2, 0.25) is 0 Å². The van der Waals surface area contributed by atoms with Gasteiger partial charge in [-0.2, -0.15) is 0 Å². The van der Waals surface area contributed by atoms with Gasteiger partial charge in [0.2, 0.25) is 0 Å². The Morgan fingerprint density at radius 3 is 1.86 bits per heavy atom. The molecule has 0 atom stereocenters. The van der Waals surface area contributed by atoms with Gasteiger partial charge in [-0.15, -0.1) is 5.73 Å². The van der Waals surface area contributed by atoms with Gasteiger partial charge >= 0.3 is 0 Å². The Balaban J connectivity index is 2.99. The molecule has 0 aliphatic rings. The first-order valence-electron chi connectivity index (χ1n) is 2.30. The molecule has 0 amide bonds. The van der Waals surface area contributed by atoms with E-state index in [-0.39, 0.29) is 12.7 Å². The standard InChI is InChI=1S/C4H11N3/c1-6-4(3-5)7-2/h4,6-7H,3H2,1-2H3. The van der Waals surface area contributed by atoms with Crippen LogP contribution >= 0.6 is 0 Å². The van der Waals surface area contributed by atoms with Gasteiger partial charge < -0.3 is 10.6 Å². The van der Waals surface area contributed by atoms with Crippen molar-refractivity contribution in [3.8, 4) is 0 Å². The molecular weight excluding hydrogens is 90.1 g/mol. The summed E-state index contributed by atoms with van der Waals surface area (Å²) in [5.74, 6) is 0. The Labute approximate surface area is 44.3 Å². The Hall–Kier alpha value is -0.120. The van der Waals surface area contributed by atoms with E-state index in [4.69, 9.17) is 5.73 Å². The van der Waals surface area contributed by atoms with Gasteiger partial charge in [0.25, 0.3) is 0 Å². The second kappa shape index (κ2) is 4.05. The number of hydrogen-bond acceptors (Lipinski definition) is 2. The normalized spacial score (nSPS) is 10.3. The summed E-state index contributed by atoms with van der Waals surface area (Å²) in [5.41, 5.74) is 8.40. The third-order valence-electron chi connectivity index (χ3n) is 0.879. The van der Waals surface area contributed by atoms with Crippen LogP contribution in [0, 0.1) is 0 Å². The Kier molecular flexibility index (Phi) is 3.98. The SMILES string of the molecule is CNC(C[N])NC. The van der Waals surface area contributed by atoms with Crippen LogP contribution in [0.1, 0.15) is 0 Å². The minimum absolute atomic E-state index is 0.0417. The van der Waals surface area contributed by atoms with E-state index >= 15 is 0 Å². The van der Waals surface area contributed by atoms with Crippen LogP contribution in [0.4, 0.5) is 0 Å². The first-order valence-corrected chi connectivity index (χ1v) is 2.30. The van der Waals surface area contributed by atoms with Crippen molar-refractivity contribution < 1.29 is 0 Å². The van der Waals surface area contributed by atoms with E-state index in [9.17, 15) is 0 Å². The molecule has 7 heavy (non-hydrogen) atoms. The average Bonchev–Trinajstić information content (AvgIpc) is 1.72. The van der Waals surface area contributed by atoms with E-state index < -0.39 is 0 Å². The zero-order chi connectivity index (χ0) is 5.70. The summed E-state index contributed by atoms with van der Waals surface area (Å²) in [7, 11) is 3.58. The van der Waals surface area contributed by atoms with E-state index in [1.807, 2.05) is 0 Å². The molecule has 0 unspecified atom stereocenters. The molecule has 2 N–H and O–H groups in total. The van der Waals surface area contributed by atoms with E-state index in [1.165, 1.54) is 0 Å². The monoisotopic (exact) mass is 101 g/mol. The molecule has 0 aromatic rings. The molecule has 0 bridgehead atoms. The first kappa shape index (κ1) is 6.88. The molecule has 3 heteroatoms. The van der Waals surface area contributed by atoms with Crippen molar-refractivity contribution in [1.29, 1.82) is 0 Å². The van der Waals surface area contributed by atoms with Gasteiger partial charge in [0.05, 0.1) is 12.7 Å². The van der Waals surface area contributed by atoms with Crippen LogP contribution in [-0.4, -0.2) is 26.8 Å². The average molecular weight is 101 g/mol. The van der Waals surface area contributed by atoms with E-state index in [0.717, 1.165) is 0 Å². The van der Waals surface area contributed by atoms with Crippen LogP contribution < -0.4 is 16.4 Å². The summed E-state index contributed by atoms with van der Waals surface area (Å²) in [6, 6.07) is 0. The smallest absolute Gasteiger partial charge is 0.0728 e. The van der Waals surface area contributed by atoms with Gasteiger partial charge in [-0.3, -0.25) is 0 Å². The summed E-state index contributed by atoms with van der Waals surface area (Å²) < 4.78 is 0. The zero-order valence-electron chi connectivity index (χ0n) is 4.73. The molecule has 0 rings (SSSR count). The molecule has 0 saturated heterocycles. The number of nitrogens with one attached hydrogen (secondary N) is 2. The van der Waals surface area contributed by atoms with Crippen molar-refractivity contribution in [2.45, 2.75) is 6.17 Å². The summed E-state index contributed by atoms with van der Waals surface area (Å²) in [4.78, 5) is 0. The van der Waals surface area contributed by atoms with Gasteiger partial charge in [0.1, 0.15) is 0 Å². The Bertz CT molecular complexity index is 28.4. The maximum atomic E-state index is 8.40. The third kappa shape index (κ3) is 2.56. The molecule has 0 fully saturated rings. The molecule has 42 valence electrons. The lowest BCUT2D eigenvalue weighted by Gasteiger charge is -2.08. The summed E-state index contributed by atoms with van der Waals surface area (Å²) in [6.07, 6.45) is 0.0417. The topological polar surface area (TPSA) is 46.4 Å². The van der Waals surface area contributed by atoms with E-state index in [2.05, 4.69) is 10.6 Å². The number of likely N-dealkylation sites (N-methyl/N-ethyl adjacent to an activating group) is 2. The predicted octanol–water partition coefficient (Wildman–Crippen LogP) is -1.18. The molecule has 0 aromatic heterocycles. The zero-order valence-corrected chi connectivity index (χ0v) is 4.73. The third-order valence-corrected chi connectivity index (χ3v) is 0.879. The molecule has 0 spiro atoms. The summed E-state index contributed by atoms with van der Waals surface area (Å²) in [6.45, 7) is 0.132. The molecule has 3 nitrogen and oxygen atoms in total. The maximum Gasteiger partial charge on any atom is 0.0728 e. The van der Waals surface area contributed by atoms with E-state index in [1.54, 1.807) is 14.1 Å². The van der Waals surface area contributed by atoms with Crippen LogP contribution in [0.25, 0.3) is 0 Å². The van der Waals surface area contributed by atoms with Crippen LogP contribution in [-0.2, 0) is 0 Å². The van der Waals surface area contributed by atoms with Crippen LogP contribution in [0.15, 0.2) is 0 Å². The highest BCUT2D eigenvalue weighted by atomic mass is 15.1. The van der Waals surface area contributed by atoms with Crippen molar-refractivity contribution in [2.75, 3.05) is 20.6 Å². The Morgan fingerprint density at radius 1 is 1.43 bits per heavy atom. The minimum Gasteiger partial charge on any atom is -0.304 e.